The number of rotatable bonds is 2. The van der Waals surface area contributed by atoms with Gasteiger partial charge < -0.3 is 4.57 Å². The van der Waals surface area contributed by atoms with Crippen molar-refractivity contribution in [3.8, 4) is 0 Å². The topological polar surface area (TPSA) is 58.4 Å². The molecule has 2 aromatic carbocycles. The van der Waals surface area contributed by atoms with E-state index in [2.05, 4.69) is 4.98 Å². The summed E-state index contributed by atoms with van der Waals surface area (Å²) < 4.78 is 1.91. The molecule has 0 unspecified atom stereocenters. The minimum atomic E-state index is -0.200. The number of fused-ring (bicyclic) bond motifs is 1. The molecule has 2 aliphatic rings. The summed E-state index contributed by atoms with van der Waals surface area (Å²) in [5.41, 5.74) is 3.59. The fraction of sp³-hybridized carbons (Fsp3) is 0.130. The number of hydrogen-bond donors (Lipinski definition) is 0. The smallest absolute Gasteiger partial charge is 0.273 e. The average Bonchev–Trinajstić information content (AvgIpc) is 3.29. The Hall–Kier alpha value is -2.88. The number of thiocarbonyl (C=S) groups is 1. The summed E-state index contributed by atoms with van der Waals surface area (Å²) in [7, 11) is 1.67. The number of carbonyl (C=O) groups excluding carboxylic acids is 1. The summed E-state index contributed by atoms with van der Waals surface area (Å²) in [6.45, 7) is 4.00. The van der Waals surface area contributed by atoms with Crippen molar-refractivity contribution >= 4 is 63.2 Å². The number of hydrogen-bond acceptors (Lipinski definition) is 7. The Balaban J connectivity index is 1.68. The molecular weight excluding hydrogens is 460 g/mol. The van der Waals surface area contributed by atoms with Crippen LogP contribution in [0.2, 0.25) is 0 Å². The van der Waals surface area contributed by atoms with Gasteiger partial charge in [0.25, 0.3) is 11.5 Å². The van der Waals surface area contributed by atoms with Crippen molar-refractivity contribution in [3.05, 3.63) is 86.3 Å². The van der Waals surface area contributed by atoms with E-state index in [0.29, 0.717) is 25.0 Å². The van der Waals surface area contributed by atoms with Crippen LogP contribution >= 0.6 is 35.7 Å². The minimum Gasteiger partial charge on any atom is -0.301 e. The van der Waals surface area contributed by atoms with Gasteiger partial charge in [-0.2, -0.15) is 0 Å². The molecule has 0 saturated carbocycles. The summed E-state index contributed by atoms with van der Waals surface area (Å²) >= 11 is 8.10. The van der Waals surface area contributed by atoms with Crippen LogP contribution in [0.15, 0.2) is 74.5 Å². The number of nitrogens with zero attached hydrogens (tertiary/aromatic N) is 4. The first-order chi connectivity index (χ1) is 15.3. The summed E-state index contributed by atoms with van der Waals surface area (Å²) in [6, 6.07) is 15.6. The Labute approximate surface area is 198 Å². The van der Waals surface area contributed by atoms with Gasteiger partial charge in [-0.25, -0.2) is 4.98 Å². The molecule has 6 nitrogen and oxygen atoms in total. The molecule has 3 heterocycles. The van der Waals surface area contributed by atoms with Crippen molar-refractivity contribution in [2.24, 2.45) is 7.05 Å². The van der Waals surface area contributed by atoms with E-state index in [-0.39, 0.29) is 11.5 Å². The monoisotopic (exact) mass is 478 g/mol. The fourth-order valence-corrected chi connectivity index (χ4v) is 6.19. The van der Waals surface area contributed by atoms with Gasteiger partial charge in [0.1, 0.15) is 14.8 Å². The maximum atomic E-state index is 13.6. The minimum absolute atomic E-state index is 0.151. The highest BCUT2D eigenvalue weighted by atomic mass is 32.2. The van der Waals surface area contributed by atoms with Crippen LogP contribution in [0, 0.1) is 13.8 Å². The lowest BCUT2D eigenvalue weighted by Gasteiger charge is -2.21. The van der Waals surface area contributed by atoms with Gasteiger partial charge in [-0.15, -0.1) is 0 Å². The van der Waals surface area contributed by atoms with Gasteiger partial charge >= 0.3 is 0 Å². The largest absolute Gasteiger partial charge is 0.301 e. The highest BCUT2D eigenvalue weighted by Crippen LogP contribution is 2.52. The molecule has 0 radical (unpaired) electrons. The second-order valence-corrected chi connectivity index (χ2v) is 10.2. The number of anilines is 3. The molecular formula is C23H18N4O2S3. The van der Waals surface area contributed by atoms with Crippen LogP contribution in [0.1, 0.15) is 11.1 Å². The van der Waals surface area contributed by atoms with Crippen LogP contribution in [-0.4, -0.2) is 19.8 Å². The zero-order chi connectivity index (χ0) is 22.6. The van der Waals surface area contributed by atoms with E-state index in [1.54, 1.807) is 11.9 Å². The van der Waals surface area contributed by atoms with Gasteiger partial charge in [0.15, 0.2) is 10.1 Å². The Morgan fingerprint density at radius 2 is 1.66 bits per heavy atom. The first-order valence-electron chi connectivity index (χ1n) is 9.82. The first kappa shape index (κ1) is 21.0. The second kappa shape index (κ2) is 7.91. The lowest BCUT2D eigenvalue weighted by molar-refractivity contribution is -0.113. The molecule has 3 aromatic rings. The Morgan fingerprint density at radius 1 is 0.906 bits per heavy atom. The molecule has 0 spiro atoms. The molecule has 9 heteroatoms. The van der Waals surface area contributed by atoms with Gasteiger partial charge in [-0.05, 0) is 43.7 Å². The van der Waals surface area contributed by atoms with Crippen molar-refractivity contribution in [2.75, 3.05) is 9.80 Å². The van der Waals surface area contributed by atoms with E-state index in [1.807, 2.05) is 67.3 Å². The SMILES string of the molecule is Cc1ccc(N2C(=O)/C(=C3\Sc4c(ncn(C)c4=O)N3c3cccc(C)c3)SC2=S)cc1. The molecule has 1 saturated heterocycles. The maximum Gasteiger partial charge on any atom is 0.273 e. The van der Waals surface area contributed by atoms with Crippen LogP contribution in [0.5, 0.6) is 0 Å². The molecule has 160 valence electrons. The van der Waals surface area contributed by atoms with Gasteiger partial charge in [0.05, 0.1) is 12.0 Å². The predicted molar refractivity (Wildman–Crippen MR) is 135 cm³/mol. The van der Waals surface area contributed by atoms with E-state index >= 15 is 0 Å². The van der Waals surface area contributed by atoms with E-state index < -0.39 is 0 Å². The number of carbonyl (C=O) groups is 1. The molecule has 1 fully saturated rings. The number of amides is 1. The number of aryl methyl sites for hydroxylation is 3. The first-order valence-corrected chi connectivity index (χ1v) is 11.9. The van der Waals surface area contributed by atoms with Crippen molar-refractivity contribution < 1.29 is 4.79 Å². The third-order valence-corrected chi connectivity index (χ3v) is 7.83. The van der Waals surface area contributed by atoms with Crippen molar-refractivity contribution in [3.63, 3.8) is 0 Å². The molecule has 1 amide bonds. The third kappa shape index (κ3) is 3.37. The molecule has 0 bridgehead atoms. The summed E-state index contributed by atoms with van der Waals surface area (Å²) in [5.74, 6) is 0.327. The Bertz CT molecular complexity index is 1380. The van der Waals surface area contributed by atoms with E-state index in [4.69, 9.17) is 12.2 Å². The quantitative estimate of drug-likeness (QED) is 0.384. The molecule has 5 rings (SSSR count). The van der Waals surface area contributed by atoms with Crippen molar-refractivity contribution in [1.29, 1.82) is 0 Å². The molecule has 32 heavy (non-hydrogen) atoms. The second-order valence-electron chi connectivity index (χ2n) is 7.57. The zero-order valence-electron chi connectivity index (χ0n) is 17.5. The Morgan fingerprint density at radius 3 is 2.38 bits per heavy atom. The molecule has 0 atom stereocenters. The lowest BCUT2D eigenvalue weighted by Crippen LogP contribution is -2.28. The highest BCUT2D eigenvalue weighted by Gasteiger charge is 2.41. The predicted octanol–water partition coefficient (Wildman–Crippen LogP) is 4.87. The van der Waals surface area contributed by atoms with E-state index in [9.17, 15) is 9.59 Å². The fourth-order valence-electron chi connectivity index (χ4n) is 3.56. The highest BCUT2D eigenvalue weighted by molar-refractivity contribution is 8.27. The molecule has 2 aliphatic heterocycles. The van der Waals surface area contributed by atoms with Gasteiger partial charge in [0, 0.05) is 12.7 Å². The van der Waals surface area contributed by atoms with Gasteiger partial charge in [-0.3, -0.25) is 19.4 Å². The summed E-state index contributed by atoms with van der Waals surface area (Å²) in [4.78, 5) is 35.3. The standard InChI is InChI=1S/C23H18N4O2S3/c1-13-7-9-15(10-8-13)27-21(29)18(32-23(27)30)22-26(16-6-4-5-14(2)11-16)19-17(31-22)20(28)25(3)12-24-19/h4-12H,1-3H3/b22-18+. The Kier molecular flexibility index (Phi) is 5.19. The normalized spacial score (nSPS) is 18.0. The third-order valence-electron chi connectivity index (χ3n) is 5.20. The summed E-state index contributed by atoms with van der Waals surface area (Å²) in [6.07, 6.45) is 1.50. The van der Waals surface area contributed by atoms with Gasteiger partial charge in [0.2, 0.25) is 0 Å². The van der Waals surface area contributed by atoms with Crippen LogP contribution < -0.4 is 15.4 Å². The van der Waals surface area contributed by atoms with Crippen molar-refractivity contribution in [2.45, 2.75) is 18.7 Å². The number of thioether (sulfide) groups is 2. The van der Waals surface area contributed by atoms with Crippen LogP contribution in [0.4, 0.5) is 17.2 Å². The molecule has 0 N–H and O–H groups in total. The van der Waals surface area contributed by atoms with E-state index in [1.165, 1.54) is 34.4 Å². The number of benzene rings is 2. The van der Waals surface area contributed by atoms with Crippen LogP contribution in [0.3, 0.4) is 0 Å². The van der Waals surface area contributed by atoms with E-state index in [0.717, 1.165) is 22.5 Å². The molecule has 0 aliphatic carbocycles. The molecule has 1 aromatic heterocycles. The number of aromatic nitrogens is 2. The zero-order valence-corrected chi connectivity index (χ0v) is 20.0. The van der Waals surface area contributed by atoms with Crippen LogP contribution in [0.25, 0.3) is 0 Å². The van der Waals surface area contributed by atoms with Crippen molar-refractivity contribution in [1.82, 2.24) is 9.55 Å². The average molecular weight is 479 g/mol. The maximum absolute atomic E-state index is 13.6. The lowest BCUT2D eigenvalue weighted by atomic mass is 10.2. The van der Waals surface area contributed by atoms with Crippen LogP contribution in [-0.2, 0) is 11.8 Å². The summed E-state index contributed by atoms with van der Waals surface area (Å²) in [5, 5.41) is 0.647. The van der Waals surface area contributed by atoms with Gasteiger partial charge in [-0.1, -0.05) is 65.6 Å².